The molecular formula is C15H12N2. The van der Waals surface area contributed by atoms with E-state index in [1.807, 2.05) is 12.4 Å². The zero-order valence-electron chi connectivity index (χ0n) is 9.43. The topological polar surface area (TPSA) is 17.3 Å². The van der Waals surface area contributed by atoms with Crippen LogP contribution in [0.25, 0.3) is 23.1 Å². The first kappa shape index (κ1) is 8.99. The van der Waals surface area contributed by atoms with Crippen molar-refractivity contribution in [2.45, 2.75) is 13.0 Å². The van der Waals surface area contributed by atoms with Gasteiger partial charge in [-0.3, -0.25) is 4.99 Å². The molecule has 1 aliphatic heterocycles. The second kappa shape index (κ2) is 3.20. The molecule has 17 heavy (non-hydrogen) atoms. The fourth-order valence-corrected chi connectivity index (χ4v) is 2.86. The fourth-order valence-electron chi connectivity index (χ4n) is 2.86. The van der Waals surface area contributed by atoms with Gasteiger partial charge in [-0.2, -0.15) is 0 Å². The van der Waals surface area contributed by atoms with Crippen molar-refractivity contribution in [1.29, 1.82) is 0 Å². The molecule has 2 aliphatic rings. The Morgan fingerprint density at radius 1 is 1.18 bits per heavy atom. The number of aromatic nitrogens is 1. The minimum absolute atomic E-state index is 0.859. The normalized spacial score (nSPS) is 16.2. The molecule has 0 saturated heterocycles. The summed E-state index contributed by atoms with van der Waals surface area (Å²) in [5.41, 5.74) is 5.44. The Hall–Kier alpha value is -2.09. The van der Waals surface area contributed by atoms with Crippen molar-refractivity contribution < 1.29 is 0 Å². The Balaban J connectivity index is 2.21. The van der Waals surface area contributed by atoms with E-state index >= 15 is 0 Å². The van der Waals surface area contributed by atoms with Crippen molar-refractivity contribution >= 4 is 29.3 Å². The van der Waals surface area contributed by atoms with Crippen LogP contribution in [0.15, 0.2) is 35.5 Å². The van der Waals surface area contributed by atoms with Crippen LogP contribution in [0.2, 0.25) is 0 Å². The van der Waals surface area contributed by atoms with E-state index in [4.69, 9.17) is 0 Å². The summed E-state index contributed by atoms with van der Waals surface area (Å²) >= 11 is 0. The SMILES string of the molecule is C1=Cc2c(c3cccc4c3n2CC=NC=C4)C1. The predicted octanol–water partition coefficient (Wildman–Crippen LogP) is 3.27. The Morgan fingerprint density at radius 2 is 2.18 bits per heavy atom. The molecule has 0 N–H and O–H groups in total. The summed E-state index contributed by atoms with van der Waals surface area (Å²) in [5.74, 6) is 0. The van der Waals surface area contributed by atoms with Gasteiger partial charge in [-0.05, 0) is 24.1 Å². The maximum atomic E-state index is 4.27. The number of hydrogen-bond acceptors (Lipinski definition) is 1. The van der Waals surface area contributed by atoms with Gasteiger partial charge in [0, 0.05) is 29.1 Å². The van der Waals surface area contributed by atoms with Crippen LogP contribution in [0.3, 0.4) is 0 Å². The summed E-state index contributed by atoms with van der Waals surface area (Å²) in [6.07, 6.45) is 11.5. The number of para-hydroxylation sites is 1. The van der Waals surface area contributed by atoms with E-state index in [0.717, 1.165) is 13.0 Å². The minimum Gasteiger partial charge on any atom is -0.335 e. The molecule has 1 aromatic carbocycles. The Labute approximate surface area is 99.6 Å². The van der Waals surface area contributed by atoms with Crippen LogP contribution in [0.5, 0.6) is 0 Å². The lowest BCUT2D eigenvalue weighted by Gasteiger charge is -2.08. The Bertz CT molecular complexity index is 699. The molecule has 1 aliphatic carbocycles. The van der Waals surface area contributed by atoms with Crippen LogP contribution in [-0.2, 0) is 13.0 Å². The van der Waals surface area contributed by atoms with Crippen molar-refractivity contribution in [3.05, 3.63) is 47.3 Å². The van der Waals surface area contributed by atoms with Crippen LogP contribution in [0, 0.1) is 0 Å². The molecule has 0 unspecified atom stereocenters. The third kappa shape index (κ3) is 1.12. The van der Waals surface area contributed by atoms with Gasteiger partial charge in [-0.15, -0.1) is 0 Å². The van der Waals surface area contributed by atoms with E-state index in [-0.39, 0.29) is 0 Å². The largest absolute Gasteiger partial charge is 0.335 e. The summed E-state index contributed by atoms with van der Waals surface area (Å²) in [7, 11) is 0. The highest BCUT2D eigenvalue weighted by Crippen LogP contribution is 2.34. The summed E-state index contributed by atoms with van der Waals surface area (Å²) in [6.45, 7) is 0.859. The maximum Gasteiger partial charge on any atom is 0.0585 e. The number of benzene rings is 1. The van der Waals surface area contributed by atoms with Gasteiger partial charge < -0.3 is 4.57 Å². The zero-order chi connectivity index (χ0) is 11.2. The van der Waals surface area contributed by atoms with Crippen molar-refractivity contribution in [1.82, 2.24) is 4.57 Å². The van der Waals surface area contributed by atoms with Crippen LogP contribution < -0.4 is 0 Å². The maximum absolute atomic E-state index is 4.27. The average Bonchev–Trinajstić information content (AvgIpc) is 2.87. The lowest BCUT2D eigenvalue weighted by atomic mass is 10.1. The molecule has 0 radical (unpaired) electrons. The number of rotatable bonds is 0. The smallest absolute Gasteiger partial charge is 0.0585 e. The molecule has 0 bridgehead atoms. The van der Waals surface area contributed by atoms with E-state index in [1.54, 1.807) is 0 Å². The summed E-state index contributed by atoms with van der Waals surface area (Å²) in [6, 6.07) is 6.53. The first-order chi connectivity index (χ1) is 8.45. The number of aliphatic imine (C=N–C) groups is 1. The van der Waals surface area contributed by atoms with Gasteiger partial charge in [-0.1, -0.05) is 24.3 Å². The molecule has 4 rings (SSSR count). The molecular weight excluding hydrogens is 208 g/mol. The van der Waals surface area contributed by atoms with Gasteiger partial charge >= 0.3 is 0 Å². The molecule has 2 heterocycles. The standard InChI is InChI=1S/C15H12N2/c1-3-11-7-8-16-9-10-17-14-6-2-4-12(14)13(5-1)15(11)17/h1-3,5-9H,4,10H2. The quantitative estimate of drug-likeness (QED) is 0.648. The van der Waals surface area contributed by atoms with E-state index < -0.39 is 0 Å². The summed E-state index contributed by atoms with van der Waals surface area (Å²) < 4.78 is 2.37. The molecule has 0 spiro atoms. The molecule has 0 fully saturated rings. The number of allylic oxidation sites excluding steroid dienone is 1. The Kier molecular flexibility index (Phi) is 1.69. The second-order valence-electron chi connectivity index (χ2n) is 4.47. The van der Waals surface area contributed by atoms with Gasteiger partial charge in [0.25, 0.3) is 0 Å². The average molecular weight is 220 g/mol. The fraction of sp³-hybridized carbons (Fsp3) is 0.133. The number of fused-ring (bicyclic) bond motifs is 3. The zero-order valence-corrected chi connectivity index (χ0v) is 9.43. The van der Waals surface area contributed by atoms with Crippen molar-refractivity contribution in [2.75, 3.05) is 0 Å². The highest BCUT2D eigenvalue weighted by Gasteiger charge is 2.18. The van der Waals surface area contributed by atoms with Gasteiger partial charge in [-0.25, -0.2) is 0 Å². The lowest BCUT2D eigenvalue weighted by Crippen LogP contribution is -2.02. The third-order valence-electron chi connectivity index (χ3n) is 3.57. The van der Waals surface area contributed by atoms with E-state index in [0.29, 0.717) is 0 Å². The summed E-state index contributed by atoms with van der Waals surface area (Å²) in [4.78, 5) is 4.27. The van der Waals surface area contributed by atoms with Crippen LogP contribution >= 0.6 is 0 Å². The summed E-state index contributed by atoms with van der Waals surface area (Å²) in [5, 5.41) is 1.39. The van der Waals surface area contributed by atoms with Gasteiger partial charge in [0.15, 0.2) is 0 Å². The molecule has 82 valence electrons. The molecule has 2 aromatic rings. The predicted molar refractivity (Wildman–Crippen MR) is 72.2 cm³/mol. The highest BCUT2D eigenvalue weighted by molar-refractivity contribution is 5.96. The van der Waals surface area contributed by atoms with Gasteiger partial charge in [0.05, 0.1) is 12.1 Å². The van der Waals surface area contributed by atoms with Gasteiger partial charge in [0.2, 0.25) is 0 Å². The number of hydrogen-bond donors (Lipinski definition) is 0. The molecule has 2 nitrogen and oxygen atoms in total. The first-order valence-corrected chi connectivity index (χ1v) is 5.94. The molecule has 0 amide bonds. The Morgan fingerprint density at radius 3 is 3.18 bits per heavy atom. The van der Waals surface area contributed by atoms with E-state index in [1.165, 1.54) is 27.7 Å². The highest BCUT2D eigenvalue weighted by atomic mass is 15.0. The minimum atomic E-state index is 0.859. The molecule has 0 atom stereocenters. The molecule has 2 heteroatoms. The van der Waals surface area contributed by atoms with Crippen LogP contribution in [0.4, 0.5) is 0 Å². The number of nitrogens with zero attached hydrogens (tertiary/aromatic N) is 2. The van der Waals surface area contributed by atoms with E-state index in [9.17, 15) is 0 Å². The van der Waals surface area contributed by atoms with Gasteiger partial charge in [0.1, 0.15) is 0 Å². The van der Waals surface area contributed by atoms with Crippen LogP contribution in [-0.4, -0.2) is 10.8 Å². The first-order valence-electron chi connectivity index (χ1n) is 5.94. The molecule has 0 saturated carbocycles. The van der Waals surface area contributed by atoms with E-state index in [2.05, 4.69) is 46.0 Å². The van der Waals surface area contributed by atoms with Crippen molar-refractivity contribution in [3.8, 4) is 0 Å². The lowest BCUT2D eigenvalue weighted by molar-refractivity contribution is 0.893. The second-order valence-corrected chi connectivity index (χ2v) is 4.47. The third-order valence-corrected chi connectivity index (χ3v) is 3.57. The van der Waals surface area contributed by atoms with Crippen LogP contribution in [0.1, 0.15) is 16.8 Å². The monoisotopic (exact) mass is 220 g/mol. The molecule has 1 aromatic heterocycles. The van der Waals surface area contributed by atoms with Crippen molar-refractivity contribution in [2.24, 2.45) is 4.99 Å². The van der Waals surface area contributed by atoms with Crippen molar-refractivity contribution in [3.63, 3.8) is 0 Å².